The molecule has 0 aliphatic rings. The third kappa shape index (κ3) is 2.75. The minimum Gasteiger partial charge on any atom is -0.360 e. The molecule has 0 atom stereocenters. The maximum atomic E-state index is 11.2. The van der Waals surface area contributed by atoms with E-state index in [1.54, 1.807) is 13.1 Å². The first kappa shape index (κ1) is 14.3. The zero-order valence-electron chi connectivity index (χ0n) is 11.3. The molecule has 7 heteroatoms. The molecule has 0 amide bonds. The van der Waals surface area contributed by atoms with Gasteiger partial charge in [0, 0.05) is 18.6 Å². The first-order valence-electron chi connectivity index (χ1n) is 6.22. The lowest BCUT2D eigenvalue weighted by Crippen LogP contribution is -2.06. The molecule has 1 N–H and O–H groups in total. The first-order chi connectivity index (χ1) is 9.54. The number of aromatic nitrogens is 2. The van der Waals surface area contributed by atoms with Crippen molar-refractivity contribution in [2.45, 2.75) is 19.9 Å². The van der Waals surface area contributed by atoms with Crippen molar-refractivity contribution in [3.8, 4) is 0 Å². The highest BCUT2D eigenvalue weighted by molar-refractivity contribution is 6.31. The Morgan fingerprint density at radius 3 is 2.75 bits per heavy atom. The summed E-state index contributed by atoms with van der Waals surface area (Å²) in [5.74, 6) is 0.395. The van der Waals surface area contributed by atoms with Gasteiger partial charge in [-0.3, -0.25) is 10.1 Å². The lowest BCUT2D eigenvalue weighted by molar-refractivity contribution is -0.384. The highest BCUT2D eigenvalue weighted by Gasteiger charge is 2.25. The van der Waals surface area contributed by atoms with Crippen molar-refractivity contribution < 1.29 is 4.92 Å². The van der Waals surface area contributed by atoms with Crippen LogP contribution in [0.2, 0.25) is 5.02 Å². The Morgan fingerprint density at radius 1 is 1.45 bits per heavy atom. The molecule has 0 saturated heterocycles. The van der Waals surface area contributed by atoms with E-state index < -0.39 is 4.92 Å². The topological polar surface area (TPSA) is 73.0 Å². The molecule has 106 valence electrons. The number of anilines is 1. The van der Waals surface area contributed by atoms with E-state index in [4.69, 9.17) is 11.6 Å². The smallest absolute Gasteiger partial charge is 0.333 e. The quantitative estimate of drug-likeness (QED) is 0.679. The van der Waals surface area contributed by atoms with Crippen LogP contribution < -0.4 is 5.32 Å². The molecule has 0 bridgehead atoms. The SMILES string of the molecule is CCc1nn(C)c(NCc2ccccc2Cl)c1[N+](=O)[O-]. The summed E-state index contributed by atoms with van der Waals surface area (Å²) in [6, 6.07) is 7.37. The molecule has 1 aromatic heterocycles. The third-order valence-electron chi connectivity index (χ3n) is 3.01. The largest absolute Gasteiger partial charge is 0.360 e. The van der Waals surface area contributed by atoms with Gasteiger partial charge in [-0.05, 0) is 18.1 Å². The van der Waals surface area contributed by atoms with Gasteiger partial charge in [-0.2, -0.15) is 5.10 Å². The molecule has 6 nitrogen and oxygen atoms in total. The Balaban J connectivity index is 2.28. The monoisotopic (exact) mass is 294 g/mol. The number of benzene rings is 1. The Morgan fingerprint density at radius 2 is 2.15 bits per heavy atom. The number of nitro groups is 1. The Hall–Kier alpha value is -2.08. The summed E-state index contributed by atoms with van der Waals surface area (Å²) in [6.45, 7) is 2.25. The van der Waals surface area contributed by atoms with Crippen LogP contribution >= 0.6 is 11.6 Å². The van der Waals surface area contributed by atoms with Gasteiger partial charge in [-0.15, -0.1) is 0 Å². The number of hydrogen-bond acceptors (Lipinski definition) is 4. The molecule has 0 radical (unpaired) electrons. The van der Waals surface area contributed by atoms with E-state index in [0.717, 1.165) is 5.56 Å². The molecule has 0 saturated carbocycles. The fourth-order valence-corrected chi connectivity index (χ4v) is 2.22. The molecule has 0 fully saturated rings. The van der Waals surface area contributed by atoms with Crippen LogP contribution in [0, 0.1) is 10.1 Å². The van der Waals surface area contributed by atoms with E-state index >= 15 is 0 Å². The van der Waals surface area contributed by atoms with Gasteiger partial charge in [-0.1, -0.05) is 36.7 Å². The number of halogens is 1. The molecule has 20 heavy (non-hydrogen) atoms. The normalized spacial score (nSPS) is 10.6. The van der Waals surface area contributed by atoms with Crippen LogP contribution in [0.15, 0.2) is 24.3 Å². The van der Waals surface area contributed by atoms with Crippen molar-refractivity contribution in [3.63, 3.8) is 0 Å². The van der Waals surface area contributed by atoms with Gasteiger partial charge in [0.2, 0.25) is 5.82 Å². The van der Waals surface area contributed by atoms with Gasteiger partial charge in [-0.25, -0.2) is 4.68 Å². The van der Waals surface area contributed by atoms with Crippen LogP contribution in [0.25, 0.3) is 0 Å². The fourth-order valence-electron chi connectivity index (χ4n) is 2.02. The predicted molar refractivity (Wildman–Crippen MR) is 78.0 cm³/mol. The molecular formula is C13H15ClN4O2. The highest BCUT2D eigenvalue weighted by Crippen LogP contribution is 2.29. The lowest BCUT2D eigenvalue weighted by Gasteiger charge is -2.07. The number of aryl methyl sites for hydroxylation is 2. The van der Waals surface area contributed by atoms with E-state index in [-0.39, 0.29) is 5.69 Å². The lowest BCUT2D eigenvalue weighted by atomic mass is 10.2. The number of nitrogens with one attached hydrogen (secondary N) is 1. The van der Waals surface area contributed by atoms with Crippen LogP contribution in [-0.4, -0.2) is 14.7 Å². The van der Waals surface area contributed by atoms with Crippen molar-refractivity contribution >= 4 is 23.1 Å². The molecular weight excluding hydrogens is 280 g/mol. The number of hydrogen-bond donors (Lipinski definition) is 1. The average molecular weight is 295 g/mol. The van der Waals surface area contributed by atoms with Crippen molar-refractivity contribution in [1.82, 2.24) is 9.78 Å². The number of rotatable bonds is 5. The van der Waals surface area contributed by atoms with Gasteiger partial charge < -0.3 is 5.32 Å². The molecule has 1 heterocycles. The zero-order chi connectivity index (χ0) is 14.7. The van der Waals surface area contributed by atoms with Gasteiger partial charge in [0.15, 0.2) is 0 Å². The zero-order valence-corrected chi connectivity index (χ0v) is 12.0. The molecule has 0 spiro atoms. The van der Waals surface area contributed by atoms with Crippen LogP contribution in [0.1, 0.15) is 18.2 Å². The van der Waals surface area contributed by atoms with Gasteiger partial charge in [0.25, 0.3) is 0 Å². The van der Waals surface area contributed by atoms with E-state index in [1.165, 1.54) is 4.68 Å². The number of nitrogens with zero attached hydrogens (tertiary/aromatic N) is 3. The molecule has 2 rings (SSSR count). The maximum Gasteiger partial charge on any atom is 0.333 e. The highest BCUT2D eigenvalue weighted by atomic mass is 35.5. The summed E-state index contributed by atoms with van der Waals surface area (Å²) in [5, 5.41) is 19.0. The van der Waals surface area contributed by atoms with Crippen LogP contribution in [-0.2, 0) is 20.0 Å². The van der Waals surface area contributed by atoms with Gasteiger partial charge in [0.05, 0.1) is 4.92 Å². The molecule has 0 unspecified atom stereocenters. The molecule has 0 aliphatic heterocycles. The standard InChI is InChI=1S/C13H15ClN4O2/c1-3-11-12(18(19)20)13(17(2)16-11)15-8-9-6-4-5-7-10(9)14/h4-7,15H,3,8H2,1-2H3. The van der Waals surface area contributed by atoms with E-state index in [1.807, 2.05) is 25.1 Å². The van der Waals surface area contributed by atoms with Crippen LogP contribution in [0.5, 0.6) is 0 Å². The molecule has 2 aromatic rings. The second kappa shape index (κ2) is 5.92. The van der Waals surface area contributed by atoms with Crippen molar-refractivity contribution in [3.05, 3.63) is 50.7 Å². The van der Waals surface area contributed by atoms with Crippen LogP contribution in [0.4, 0.5) is 11.5 Å². The van der Waals surface area contributed by atoms with Crippen LogP contribution in [0.3, 0.4) is 0 Å². The summed E-state index contributed by atoms with van der Waals surface area (Å²) >= 11 is 6.07. The minimum atomic E-state index is -0.402. The maximum absolute atomic E-state index is 11.2. The Labute approximate surface area is 121 Å². The van der Waals surface area contributed by atoms with Gasteiger partial charge >= 0.3 is 5.69 Å². The average Bonchev–Trinajstić information content (AvgIpc) is 2.74. The van der Waals surface area contributed by atoms with Crippen molar-refractivity contribution in [1.29, 1.82) is 0 Å². The van der Waals surface area contributed by atoms with Crippen molar-refractivity contribution in [2.24, 2.45) is 7.05 Å². The second-order valence-electron chi connectivity index (χ2n) is 4.32. The summed E-state index contributed by atoms with van der Waals surface area (Å²) in [4.78, 5) is 10.8. The summed E-state index contributed by atoms with van der Waals surface area (Å²) < 4.78 is 1.49. The predicted octanol–water partition coefficient (Wildman–Crippen LogP) is 3.16. The van der Waals surface area contributed by atoms with E-state index in [2.05, 4.69) is 10.4 Å². The summed E-state index contributed by atoms with van der Waals surface area (Å²) in [5.41, 5.74) is 1.38. The van der Waals surface area contributed by atoms with Crippen molar-refractivity contribution in [2.75, 3.05) is 5.32 Å². The minimum absolute atomic E-state index is 0.0297. The second-order valence-corrected chi connectivity index (χ2v) is 4.73. The molecule has 0 aliphatic carbocycles. The Bertz CT molecular complexity index is 639. The van der Waals surface area contributed by atoms with Gasteiger partial charge in [0.1, 0.15) is 5.69 Å². The third-order valence-corrected chi connectivity index (χ3v) is 3.38. The Kier molecular flexibility index (Phi) is 4.24. The molecule has 1 aromatic carbocycles. The summed E-state index contributed by atoms with van der Waals surface area (Å²) in [7, 11) is 1.68. The van der Waals surface area contributed by atoms with E-state index in [9.17, 15) is 10.1 Å². The first-order valence-corrected chi connectivity index (χ1v) is 6.60. The van der Waals surface area contributed by atoms with E-state index in [0.29, 0.717) is 29.5 Å². The fraction of sp³-hybridized carbons (Fsp3) is 0.308. The summed E-state index contributed by atoms with van der Waals surface area (Å²) in [6.07, 6.45) is 0.512.